The summed E-state index contributed by atoms with van der Waals surface area (Å²) in [4.78, 5) is 0. The van der Waals surface area contributed by atoms with Crippen molar-refractivity contribution >= 4 is 0 Å². The SMILES string of the molecule is CC1(C)C[C@@H]2[C@@H](C1)C(C)(C)C=CC2(C)C. The molecule has 0 heterocycles. The molecule has 0 aromatic carbocycles. The van der Waals surface area contributed by atoms with Crippen LogP contribution >= 0.6 is 0 Å². The average Bonchev–Trinajstić information content (AvgIpc) is 2.38. The van der Waals surface area contributed by atoms with Crippen molar-refractivity contribution in [3.8, 4) is 0 Å². The second-order valence-electron chi connectivity index (χ2n) is 7.76. The van der Waals surface area contributed by atoms with Crippen LogP contribution in [0, 0.1) is 28.1 Å². The fraction of sp³-hybridized carbons (Fsp3) is 0.867. The molecule has 0 heteroatoms. The summed E-state index contributed by atoms with van der Waals surface area (Å²) in [5.41, 5.74) is 1.37. The second-order valence-corrected chi connectivity index (χ2v) is 7.76. The second kappa shape index (κ2) is 2.90. The van der Waals surface area contributed by atoms with Crippen molar-refractivity contribution in [2.75, 3.05) is 0 Å². The molecular formula is C15H26. The van der Waals surface area contributed by atoms with Gasteiger partial charge in [0.2, 0.25) is 0 Å². The van der Waals surface area contributed by atoms with Gasteiger partial charge in [0.15, 0.2) is 0 Å². The molecule has 0 aromatic rings. The first-order valence-corrected chi connectivity index (χ1v) is 6.34. The maximum atomic E-state index is 2.47. The lowest BCUT2D eigenvalue weighted by molar-refractivity contribution is 0.115. The fourth-order valence-corrected chi connectivity index (χ4v) is 3.80. The molecular weight excluding hydrogens is 180 g/mol. The van der Waals surface area contributed by atoms with Gasteiger partial charge in [-0.2, -0.15) is 0 Å². The van der Waals surface area contributed by atoms with Gasteiger partial charge in [-0.3, -0.25) is 0 Å². The molecule has 2 aliphatic rings. The molecule has 0 amide bonds. The van der Waals surface area contributed by atoms with Crippen molar-refractivity contribution in [2.45, 2.75) is 54.4 Å². The molecule has 0 bridgehead atoms. The first-order chi connectivity index (χ1) is 6.64. The third kappa shape index (κ3) is 1.77. The van der Waals surface area contributed by atoms with E-state index in [-0.39, 0.29) is 0 Å². The molecule has 0 spiro atoms. The Balaban J connectivity index is 2.38. The third-order valence-electron chi connectivity index (χ3n) is 4.88. The molecule has 2 rings (SSSR count). The van der Waals surface area contributed by atoms with E-state index in [0.29, 0.717) is 16.2 Å². The van der Waals surface area contributed by atoms with Gasteiger partial charge in [-0.1, -0.05) is 53.7 Å². The van der Waals surface area contributed by atoms with Gasteiger partial charge in [-0.05, 0) is 40.9 Å². The van der Waals surface area contributed by atoms with Crippen LogP contribution in [0.2, 0.25) is 0 Å². The molecule has 1 fully saturated rings. The Hall–Kier alpha value is -0.260. The van der Waals surface area contributed by atoms with Crippen molar-refractivity contribution in [3.63, 3.8) is 0 Å². The summed E-state index contributed by atoms with van der Waals surface area (Å²) in [6.07, 6.45) is 7.74. The normalized spacial score (nSPS) is 40.1. The average molecular weight is 206 g/mol. The zero-order valence-corrected chi connectivity index (χ0v) is 11.2. The summed E-state index contributed by atoms with van der Waals surface area (Å²) in [5, 5.41) is 0. The summed E-state index contributed by atoms with van der Waals surface area (Å²) in [6.45, 7) is 14.5. The van der Waals surface area contributed by atoms with Gasteiger partial charge >= 0.3 is 0 Å². The molecule has 1 saturated carbocycles. The summed E-state index contributed by atoms with van der Waals surface area (Å²) >= 11 is 0. The van der Waals surface area contributed by atoms with Crippen LogP contribution in [0.3, 0.4) is 0 Å². The molecule has 0 unspecified atom stereocenters. The Morgan fingerprint density at radius 2 is 1.07 bits per heavy atom. The van der Waals surface area contributed by atoms with E-state index in [1.54, 1.807) is 0 Å². The molecule has 0 N–H and O–H groups in total. The Bertz CT molecular complexity index is 263. The Labute approximate surface area is 95.1 Å². The Kier molecular flexibility index (Phi) is 2.17. The summed E-state index contributed by atoms with van der Waals surface area (Å²) in [7, 11) is 0. The van der Waals surface area contributed by atoms with Crippen LogP contribution in [0.1, 0.15) is 54.4 Å². The van der Waals surface area contributed by atoms with E-state index in [2.05, 4.69) is 53.7 Å². The minimum absolute atomic E-state index is 0.411. The lowest BCUT2D eigenvalue weighted by Crippen LogP contribution is -2.37. The molecule has 2 atom stereocenters. The van der Waals surface area contributed by atoms with Gasteiger partial charge in [0.05, 0.1) is 0 Å². The van der Waals surface area contributed by atoms with E-state index >= 15 is 0 Å². The van der Waals surface area contributed by atoms with Crippen molar-refractivity contribution in [1.29, 1.82) is 0 Å². The van der Waals surface area contributed by atoms with Crippen LogP contribution in [0.4, 0.5) is 0 Å². The largest absolute Gasteiger partial charge is 0.0820 e. The zero-order valence-electron chi connectivity index (χ0n) is 11.2. The molecule has 0 aromatic heterocycles. The minimum Gasteiger partial charge on any atom is -0.0820 e. The summed E-state index contributed by atoms with van der Waals surface area (Å²) in [5.74, 6) is 1.76. The van der Waals surface area contributed by atoms with E-state index in [1.807, 2.05) is 0 Å². The van der Waals surface area contributed by atoms with Crippen molar-refractivity contribution in [3.05, 3.63) is 12.2 Å². The van der Waals surface area contributed by atoms with Gasteiger partial charge in [-0.25, -0.2) is 0 Å². The highest BCUT2D eigenvalue weighted by Gasteiger charge is 2.51. The van der Waals surface area contributed by atoms with E-state index in [0.717, 1.165) is 11.8 Å². The lowest BCUT2D eigenvalue weighted by Gasteiger charge is -2.45. The van der Waals surface area contributed by atoms with Crippen molar-refractivity contribution in [2.24, 2.45) is 28.1 Å². The first kappa shape index (κ1) is 11.2. The maximum Gasteiger partial charge on any atom is -0.0143 e. The molecule has 0 saturated heterocycles. The molecule has 0 aliphatic heterocycles. The highest BCUT2D eigenvalue weighted by Crippen LogP contribution is 2.60. The monoisotopic (exact) mass is 206 g/mol. The van der Waals surface area contributed by atoms with Crippen LogP contribution in [0.5, 0.6) is 0 Å². The minimum atomic E-state index is 0.411. The van der Waals surface area contributed by atoms with Crippen LogP contribution in [-0.4, -0.2) is 0 Å². The molecule has 15 heavy (non-hydrogen) atoms. The number of hydrogen-bond donors (Lipinski definition) is 0. The van der Waals surface area contributed by atoms with Crippen LogP contribution in [-0.2, 0) is 0 Å². The van der Waals surface area contributed by atoms with E-state index in [1.165, 1.54) is 12.8 Å². The third-order valence-corrected chi connectivity index (χ3v) is 4.88. The Morgan fingerprint density at radius 1 is 0.733 bits per heavy atom. The summed E-state index contributed by atoms with van der Waals surface area (Å²) in [6, 6.07) is 0. The molecule has 0 radical (unpaired) electrons. The van der Waals surface area contributed by atoms with E-state index < -0.39 is 0 Å². The van der Waals surface area contributed by atoms with Crippen LogP contribution < -0.4 is 0 Å². The van der Waals surface area contributed by atoms with Gasteiger partial charge in [0.1, 0.15) is 0 Å². The molecule has 0 nitrogen and oxygen atoms in total. The smallest absolute Gasteiger partial charge is 0.0143 e. The lowest BCUT2D eigenvalue weighted by atomic mass is 9.60. The van der Waals surface area contributed by atoms with Gasteiger partial charge in [0.25, 0.3) is 0 Å². The van der Waals surface area contributed by atoms with E-state index in [4.69, 9.17) is 0 Å². The van der Waals surface area contributed by atoms with E-state index in [9.17, 15) is 0 Å². The van der Waals surface area contributed by atoms with Crippen LogP contribution in [0.25, 0.3) is 0 Å². The van der Waals surface area contributed by atoms with Gasteiger partial charge in [-0.15, -0.1) is 0 Å². The molecule has 2 aliphatic carbocycles. The predicted molar refractivity (Wildman–Crippen MR) is 66.7 cm³/mol. The topological polar surface area (TPSA) is 0 Å². The predicted octanol–water partition coefficient (Wildman–Crippen LogP) is 4.66. The van der Waals surface area contributed by atoms with Crippen molar-refractivity contribution < 1.29 is 0 Å². The van der Waals surface area contributed by atoms with Crippen LogP contribution in [0.15, 0.2) is 12.2 Å². The van der Waals surface area contributed by atoms with Crippen molar-refractivity contribution in [1.82, 2.24) is 0 Å². The zero-order chi connectivity index (χ0) is 11.5. The quantitative estimate of drug-likeness (QED) is 0.506. The highest BCUT2D eigenvalue weighted by molar-refractivity contribution is 5.16. The Morgan fingerprint density at radius 3 is 1.40 bits per heavy atom. The number of allylic oxidation sites excluding steroid dienone is 2. The number of rotatable bonds is 0. The van der Waals surface area contributed by atoms with Gasteiger partial charge in [0, 0.05) is 0 Å². The number of fused-ring (bicyclic) bond motifs is 1. The number of hydrogen-bond acceptors (Lipinski definition) is 0. The maximum absolute atomic E-state index is 2.47. The van der Waals surface area contributed by atoms with Gasteiger partial charge < -0.3 is 0 Å². The summed E-state index contributed by atoms with van der Waals surface area (Å²) < 4.78 is 0. The standard InChI is InChI=1S/C15H26/c1-13(2)9-11-12(10-13)15(5,6)8-7-14(11,3)4/h7-8,11-12H,9-10H2,1-6H3/t11-,12-/m1/s1. The highest BCUT2D eigenvalue weighted by atomic mass is 14.6. The fourth-order valence-electron chi connectivity index (χ4n) is 3.80. The first-order valence-electron chi connectivity index (χ1n) is 6.34. The molecule has 86 valence electrons.